The van der Waals surface area contributed by atoms with Gasteiger partial charge >= 0.3 is 0 Å². The SMILES string of the molecule is CC.CC(CF)NNc1ccc(CN(c2ncccc2C(C)C#N)C2CCCC2)cc1. The third-order valence-electron chi connectivity index (χ3n) is 5.52. The van der Waals surface area contributed by atoms with Gasteiger partial charge in [-0.15, -0.1) is 0 Å². The zero-order chi connectivity index (χ0) is 22.6. The predicted octanol–water partition coefficient (Wildman–Crippen LogP) is 5.96. The molecular formula is C25H36FN5. The molecule has 2 aromatic rings. The van der Waals surface area contributed by atoms with Crippen molar-refractivity contribution >= 4 is 11.5 Å². The fourth-order valence-electron chi connectivity index (χ4n) is 3.79. The lowest BCUT2D eigenvalue weighted by molar-refractivity contribution is 0.409. The monoisotopic (exact) mass is 425 g/mol. The largest absolute Gasteiger partial charge is 0.349 e. The van der Waals surface area contributed by atoms with Gasteiger partial charge < -0.3 is 10.3 Å². The van der Waals surface area contributed by atoms with Crippen molar-refractivity contribution in [1.29, 1.82) is 5.26 Å². The van der Waals surface area contributed by atoms with E-state index < -0.39 is 6.67 Å². The number of nitrogens with zero attached hydrogens (tertiary/aromatic N) is 3. The summed E-state index contributed by atoms with van der Waals surface area (Å²) in [6.45, 7) is 8.04. The maximum atomic E-state index is 12.6. The van der Waals surface area contributed by atoms with Gasteiger partial charge in [-0.3, -0.25) is 0 Å². The molecular weight excluding hydrogens is 389 g/mol. The van der Waals surface area contributed by atoms with E-state index in [-0.39, 0.29) is 12.0 Å². The maximum Gasteiger partial charge on any atom is 0.133 e. The van der Waals surface area contributed by atoms with Crippen LogP contribution >= 0.6 is 0 Å². The first-order valence-electron chi connectivity index (χ1n) is 11.4. The molecule has 0 bridgehead atoms. The highest BCUT2D eigenvalue weighted by Crippen LogP contribution is 2.33. The van der Waals surface area contributed by atoms with E-state index in [1.165, 1.54) is 18.4 Å². The highest BCUT2D eigenvalue weighted by molar-refractivity contribution is 5.52. The van der Waals surface area contributed by atoms with Gasteiger partial charge in [-0.1, -0.05) is 44.9 Å². The number of anilines is 2. The van der Waals surface area contributed by atoms with Crippen molar-refractivity contribution < 1.29 is 4.39 Å². The molecule has 1 aliphatic carbocycles. The van der Waals surface area contributed by atoms with Crippen LogP contribution in [0.4, 0.5) is 15.9 Å². The number of benzene rings is 1. The van der Waals surface area contributed by atoms with Crippen molar-refractivity contribution in [3.63, 3.8) is 0 Å². The number of hydrogen-bond donors (Lipinski definition) is 2. The lowest BCUT2D eigenvalue weighted by Crippen LogP contribution is -2.34. The molecule has 2 atom stereocenters. The van der Waals surface area contributed by atoms with Crippen LogP contribution in [0.1, 0.15) is 70.4 Å². The van der Waals surface area contributed by atoms with Gasteiger partial charge in [0.05, 0.1) is 18.0 Å². The van der Waals surface area contributed by atoms with Gasteiger partial charge in [0, 0.05) is 30.0 Å². The molecule has 0 saturated heterocycles. The minimum absolute atomic E-state index is 0.197. The summed E-state index contributed by atoms with van der Waals surface area (Å²) in [7, 11) is 0. The van der Waals surface area contributed by atoms with Crippen molar-refractivity contribution in [2.24, 2.45) is 0 Å². The molecule has 1 fully saturated rings. The molecule has 1 aromatic carbocycles. The van der Waals surface area contributed by atoms with E-state index in [1.807, 2.05) is 51.2 Å². The Morgan fingerprint density at radius 3 is 2.45 bits per heavy atom. The van der Waals surface area contributed by atoms with E-state index in [0.717, 1.165) is 36.5 Å². The van der Waals surface area contributed by atoms with E-state index in [0.29, 0.717) is 6.04 Å². The molecule has 0 spiro atoms. The molecule has 0 aliphatic heterocycles. The molecule has 5 nitrogen and oxygen atoms in total. The van der Waals surface area contributed by atoms with Crippen LogP contribution in [0.25, 0.3) is 0 Å². The smallest absolute Gasteiger partial charge is 0.133 e. The summed E-state index contributed by atoms with van der Waals surface area (Å²) in [5, 5.41) is 9.45. The fraction of sp³-hybridized carbons (Fsp3) is 0.520. The third-order valence-corrected chi connectivity index (χ3v) is 5.52. The number of nitrogens with one attached hydrogen (secondary N) is 2. The number of alkyl halides is 1. The Hall–Kier alpha value is -2.65. The van der Waals surface area contributed by atoms with Crippen molar-refractivity contribution in [3.8, 4) is 6.07 Å². The summed E-state index contributed by atoms with van der Waals surface area (Å²) in [6.07, 6.45) is 6.59. The Balaban J connectivity index is 0.00000166. The fourth-order valence-corrected chi connectivity index (χ4v) is 3.79. The van der Waals surface area contributed by atoms with Crippen LogP contribution < -0.4 is 15.8 Å². The maximum absolute atomic E-state index is 12.6. The number of nitriles is 1. The summed E-state index contributed by atoms with van der Waals surface area (Å²) >= 11 is 0. The Bertz CT molecular complexity index is 811. The van der Waals surface area contributed by atoms with E-state index in [4.69, 9.17) is 0 Å². The Morgan fingerprint density at radius 1 is 1.16 bits per heavy atom. The number of pyridine rings is 1. The molecule has 3 rings (SSSR count). The van der Waals surface area contributed by atoms with Crippen LogP contribution in [-0.4, -0.2) is 23.7 Å². The van der Waals surface area contributed by atoms with Crippen LogP contribution in [0.3, 0.4) is 0 Å². The lowest BCUT2D eigenvalue weighted by Gasteiger charge is -2.32. The van der Waals surface area contributed by atoms with Crippen molar-refractivity contribution in [1.82, 2.24) is 10.4 Å². The second-order valence-corrected chi connectivity index (χ2v) is 7.85. The Morgan fingerprint density at radius 2 is 1.84 bits per heavy atom. The van der Waals surface area contributed by atoms with E-state index in [1.54, 1.807) is 6.92 Å². The van der Waals surface area contributed by atoms with Gasteiger partial charge in [-0.05, 0) is 50.5 Å². The first-order valence-corrected chi connectivity index (χ1v) is 11.4. The van der Waals surface area contributed by atoms with Gasteiger partial charge in [0.2, 0.25) is 0 Å². The normalized spacial score (nSPS) is 15.4. The summed E-state index contributed by atoms with van der Waals surface area (Å²) in [6, 6.07) is 14.7. The zero-order valence-electron chi connectivity index (χ0n) is 19.2. The minimum atomic E-state index is -0.422. The quantitative estimate of drug-likeness (QED) is 0.485. The highest BCUT2D eigenvalue weighted by Gasteiger charge is 2.26. The molecule has 0 radical (unpaired) electrons. The Labute approximate surface area is 186 Å². The van der Waals surface area contributed by atoms with Crippen molar-refractivity contribution in [2.45, 2.75) is 77.9 Å². The molecule has 6 heteroatoms. The molecule has 2 N–H and O–H groups in total. The highest BCUT2D eigenvalue weighted by atomic mass is 19.1. The first-order chi connectivity index (χ1) is 15.1. The van der Waals surface area contributed by atoms with Crippen LogP contribution in [-0.2, 0) is 6.54 Å². The van der Waals surface area contributed by atoms with Gasteiger partial charge in [0.25, 0.3) is 0 Å². The summed E-state index contributed by atoms with van der Waals surface area (Å²) in [5.74, 6) is 0.729. The van der Waals surface area contributed by atoms with Crippen LogP contribution in [0.2, 0.25) is 0 Å². The number of rotatable bonds is 9. The number of aromatic nitrogens is 1. The number of halogens is 1. The van der Waals surface area contributed by atoms with Crippen LogP contribution in [0, 0.1) is 11.3 Å². The number of hydrogen-bond acceptors (Lipinski definition) is 5. The van der Waals surface area contributed by atoms with Crippen LogP contribution in [0.5, 0.6) is 0 Å². The first kappa shape index (κ1) is 24.6. The summed E-state index contributed by atoms with van der Waals surface area (Å²) < 4.78 is 12.6. The van der Waals surface area contributed by atoms with Gasteiger partial charge in [0.1, 0.15) is 12.5 Å². The van der Waals surface area contributed by atoms with E-state index >= 15 is 0 Å². The average molecular weight is 426 g/mol. The zero-order valence-corrected chi connectivity index (χ0v) is 19.2. The minimum Gasteiger partial charge on any atom is -0.349 e. The van der Waals surface area contributed by atoms with Gasteiger partial charge in [-0.2, -0.15) is 5.26 Å². The van der Waals surface area contributed by atoms with Crippen molar-refractivity contribution in [2.75, 3.05) is 17.0 Å². The van der Waals surface area contributed by atoms with Crippen molar-refractivity contribution in [3.05, 3.63) is 53.7 Å². The summed E-state index contributed by atoms with van der Waals surface area (Å²) in [5.41, 5.74) is 9.05. The van der Waals surface area contributed by atoms with E-state index in [2.05, 4.69) is 38.9 Å². The second-order valence-electron chi connectivity index (χ2n) is 7.85. The molecule has 31 heavy (non-hydrogen) atoms. The molecule has 1 aliphatic rings. The molecule has 0 amide bonds. The summed E-state index contributed by atoms with van der Waals surface area (Å²) in [4.78, 5) is 7.06. The second kappa shape index (κ2) is 12.9. The van der Waals surface area contributed by atoms with Crippen LogP contribution in [0.15, 0.2) is 42.6 Å². The molecule has 1 heterocycles. The molecule has 2 unspecified atom stereocenters. The van der Waals surface area contributed by atoms with Gasteiger partial charge in [0.15, 0.2) is 0 Å². The standard InChI is InChI=1S/C23H30FN5.C2H6/c1-17(15-25)22-8-5-13-26-23(22)29(21-6-3-4-7-21)16-19-9-11-20(12-10-19)28-27-18(2)14-24;1-2/h5,8-13,17-18,21,27-28H,3-4,6-7,14,16H2,1-2H3;1-2H3. The average Bonchev–Trinajstić information content (AvgIpc) is 3.37. The van der Waals surface area contributed by atoms with E-state index in [9.17, 15) is 9.65 Å². The molecule has 168 valence electrons. The van der Waals surface area contributed by atoms with Gasteiger partial charge in [-0.25, -0.2) is 14.8 Å². The topological polar surface area (TPSA) is 64.0 Å². The predicted molar refractivity (Wildman–Crippen MR) is 127 cm³/mol. The Kier molecular flexibility index (Phi) is 10.3. The molecule has 1 aromatic heterocycles. The number of hydrazine groups is 1. The third kappa shape index (κ3) is 6.93. The lowest BCUT2D eigenvalue weighted by atomic mass is 10.0. The molecule has 1 saturated carbocycles.